The first kappa shape index (κ1) is 27.6. The van der Waals surface area contributed by atoms with E-state index in [-0.39, 0.29) is 34.7 Å². The van der Waals surface area contributed by atoms with Crippen LogP contribution in [0, 0.1) is 0 Å². The number of alkyl halides is 3. The van der Waals surface area contributed by atoms with Crippen molar-refractivity contribution in [2.24, 2.45) is 5.73 Å². The highest BCUT2D eigenvalue weighted by molar-refractivity contribution is 5.98. The molecule has 0 radical (unpaired) electrons. The summed E-state index contributed by atoms with van der Waals surface area (Å²) in [5, 5.41) is 3.39. The number of likely N-dealkylation sites (tertiary alicyclic amines) is 1. The number of nitrogens with one attached hydrogen (secondary N) is 1. The number of amides is 1. The number of benzene rings is 2. The molecule has 5 rings (SSSR count). The molecule has 0 bridgehead atoms. The van der Waals surface area contributed by atoms with E-state index in [0.717, 1.165) is 38.5 Å². The van der Waals surface area contributed by atoms with Crippen LogP contribution in [0.15, 0.2) is 59.0 Å². The molecule has 3 N–H and O–H groups in total. The lowest BCUT2D eigenvalue weighted by atomic mass is 10.0. The smallest absolute Gasteiger partial charge is 0.433 e. The molecule has 40 heavy (non-hydrogen) atoms. The molecule has 0 saturated carbocycles. The van der Waals surface area contributed by atoms with Gasteiger partial charge in [-0.2, -0.15) is 13.2 Å². The fraction of sp³-hybridized carbons (Fsp3) is 0.345. The maximum atomic E-state index is 13.3. The predicted molar refractivity (Wildman–Crippen MR) is 144 cm³/mol. The van der Waals surface area contributed by atoms with Crippen molar-refractivity contribution in [3.05, 3.63) is 77.3 Å². The van der Waals surface area contributed by atoms with Gasteiger partial charge in [-0.3, -0.25) is 9.69 Å². The minimum atomic E-state index is -4.62. The molecule has 4 aromatic rings. The van der Waals surface area contributed by atoms with Crippen molar-refractivity contribution in [1.29, 1.82) is 0 Å². The third-order valence-corrected chi connectivity index (χ3v) is 7.01. The second-order valence-electron chi connectivity index (χ2n) is 9.94. The average molecular weight is 554 g/mol. The van der Waals surface area contributed by atoms with Gasteiger partial charge in [0.2, 0.25) is 5.89 Å². The number of nitrogens with zero attached hydrogens (tertiary/aromatic N) is 3. The summed E-state index contributed by atoms with van der Waals surface area (Å²) in [6, 6.07) is 14.8. The molecular weight excluding hydrogens is 523 g/mol. The van der Waals surface area contributed by atoms with Crippen LogP contribution in [0.3, 0.4) is 0 Å². The van der Waals surface area contributed by atoms with Crippen LogP contribution in [-0.4, -0.2) is 47.0 Å². The lowest BCUT2D eigenvalue weighted by Crippen LogP contribution is -2.44. The van der Waals surface area contributed by atoms with Crippen molar-refractivity contribution in [2.45, 2.75) is 44.6 Å². The van der Waals surface area contributed by atoms with Gasteiger partial charge in [-0.1, -0.05) is 30.3 Å². The van der Waals surface area contributed by atoms with E-state index in [1.54, 1.807) is 13.0 Å². The number of piperidine rings is 1. The van der Waals surface area contributed by atoms with Crippen molar-refractivity contribution >= 4 is 16.8 Å². The van der Waals surface area contributed by atoms with Gasteiger partial charge in [-0.05, 0) is 49.6 Å². The molecule has 0 aliphatic carbocycles. The molecule has 3 heterocycles. The van der Waals surface area contributed by atoms with Crippen LogP contribution in [0.25, 0.3) is 22.4 Å². The molecule has 0 spiro atoms. The summed E-state index contributed by atoms with van der Waals surface area (Å²) < 4.78 is 51.2. The molecule has 2 aromatic carbocycles. The molecule has 210 valence electrons. The van der Waals surface area contributed by atoms with Gasteiger partial charge >= 0.3 is 6.18 Å². The average Bonchev–Trinajstić information content (AvgIpc) is 3.39. The number of nitrogens with two attached hydrogens (primary N) is 1. The molecular formula is C29H30F3N5O3. The molecule has 1 aliphatic rings. The second-order valence-corrected chi connectivity index (χ2v) is 9.94. The zero-order valence-electron chi connectivity index (χ0n) is 22.2. The number of oxazole rings is 1. The summed E-state index contributed by atoms with van der Waals surface area (Å²) in [4.78, 5) is 23.9. The van der Waals surface area contributed by atoms with E-state index in [2.05, 4.69) is 32.3 Å². The van der Waals surface area contributed by atoms with Crippen molar-refractivity contribution in [1.82, 2.24) is 20.2 Å². The highest BCUT2D eigenvalue weighted by Gasteiger charge is 2.33. The van der Waals surface area contributed by atoms with Crippen LogP contribution in [0.2, 0.25) is 0 Å². The normalized spacial score (nSPS) is 15.8. The van der Waals surface area contributed by atoms with E-state index in [4.69, 9.17) is 14.9 Å². The van der Waals surface area contributed by atoms with E-state index >= 15 is 0 Å². The molecule has 1 aliphatic heterocycles. The number of pyridine rings is 1. The third kappa shape index (κ3) is 5.80. The van der Waals surface area contributed by atoms with E-state index < -0.39 is 23.8 Å². The molecule has 8 nitrogen and oxygen atoms in total. The number of carbonyl (C=O) groups is 1. The Kier molecular flexibility index (Phi) is 7.77. The summed E-state index contributed by atoms with van der Waals surface area (Å²) in [5.74, 6) is 0.0155. The van der Waals surface area contributed by atoms with Gasteiger partial charge in [0, 0.05) is 36.6 Å². The summed E-state index contributed by atoms with van der Waals surface area (Å²) in [5.41, 5.74) is 6.74. The maximum Gasteiger partial charge on any atom is 0.433 e. The number of ether oxygens (including phenoxy) is 1. The number of methoxy groups -OCH3 is 1. The summed E-state index contributed by atoms with van der Waals surface area (Å²) in [6.07, 6.45) is -3.05. The van der Waals surface area contributed by atoms with Crippen LogP contribution in [0.4, 0.5) is 13.2 Å². The van der Waals surface area contributed by atoms with Crippen molar-refractivity contribution in [3.63, 3.8) is 0 Å². The van der Waals surface area contributed by atoms with Gasteiger partial charge < -0.3 is 20.2 Å². The minimum absolute atomic E-state index is 0.00337. The fourth-order valence-corrected chi connectivity index (χ4v) is 4.95. The Bertz CT molecular complexity index is 1500. The van der Waals surface area contributed by atoms with Crippen molar-refractivity contribution in [3.8, 4) is 17.2 Å². The third-order valence-electron chi connectivity index (χ3n) is 7.01. The minimum Gasteiger partial charge on any atom is -0.494 e. The van der Waals surface area contributed by atoms with Gasteiger partial charge in [0.15, 0.2) is 11.5 Å². The van der Waals surface area contributed by atoms with Gasteiger partial charge in [0.1, 0.15) is 17.0 Å². The van der Waals surface area contributed by atoms with Crippen LogP contribution in [0.1, 0.15) is 53.3 Å². The molecule has 1 atom stereocenters. The summed E-state index contributed by atoms with van der Waals surface area (Å²) in [6.45, 7) is 4.22. The van der Waals surface area contributed by atoms with E-state index in [9.17, 15) is 18.0 Å². The second kappa shape index (κ2) is 11.3. The van der Waals surface area contributed by atoms with Gasteiger partial charge in [-0.25, -0.2) is 9.97 Å². The Morgan fingerprint density at radius 3 is 2.50 bits per heavy atom. The zero-order valence-corrected chi connectivity index (χ0v) is 22.2. The summed E-state index contributed by atoms with van der Waals surface area (Å²) in [7, 11) is 1.35. The largest absolute Gasteiger partial charge is 0.494 e. The first-order chi connectivity index (χ1) is 19.1. The number of rotatable bonds is 7. The van der Waals surface area contributed by atoms with Gasteiger partial charge in [0.05, 0.1) is 13.2 Å². The Balaban J connectivity index is 1.37. The number of hydrogen-bond donors (Lipinski definition) is 2. The lowest BCUT2D eigenvalue weighted by molar-refractivity contribution is -0.140. The van der Waals surface area contributed by atoms with Crippen LogP contribution >= 0.6 is 0 Å². The van der Waals surface area contributed by atoms with Gasteiger partial charge in [-0.15, -0.1) is 0 Å². The van der Waals surface area contributed by atoms with E-state index in [1.165, 1.54) is 24.8 Å². The van der Waals surface area contributed by atoms with E-state index in [0.29, 0.717) is 10.9 Å². The Hall–Kier alpha value is -3.96. The first-order valence-corrected chi connectivity index (χ1v) is 13.0. The summed E-state index contributed by atoms with van der Waals surface area (Å²) >= 11 is 0. The first-order valence-electron chi connectivity index (χ1n) is 13.0. The standard InChI is InChI=1S/C29H30F3N5O3/c1-17(33)26-25(27(38)34-19-12-14-37(15-13-19)16-18-6-4-3-5-7-18)36-28(40-26)21-8-10-22(39-2)24-20(21)9-11-23(35-24)29(30,31)32/h3-11,17,19H,12-16,33H2,1-2H3,(H,34,38)/t17-/m0/s1. The van der Waals surface area contributed by atoms with Crippen molar-refractivity contribution in [2.75, 3.05) is 20.2 Å². The predicted octanol–water partition coefficient (Wildman–Crippen LogP) is 5.33. The molecule has 1 amide bonds. The number of carbonyl (C=O) groups excluding carboxylic acids is 1. The van der Waals surface area contributed by atoms with Crippen LogP contribution < -0.4 is 15.8 Å². The monoisotopic (exact) mass is 553 g/mol. The maximum absolute atomic E-state index is 13.3. The number of aromatic nitrogens is 2. The van der Waals surface area contributed by atoms with Crippen LogP contribution in [-0.2, 0) is 12.7 Å². The fourth-order valence-electron chi connectivity index (χ4n) is 4.95. The Morgan fingerprint density at radius 2 is 1.85 bits per heavy atom. The Morgan fingerprint density at radius 1 is 1.12 bits per heavy atom. The highest BCUT2D eigenvalue weighted by atomic mass is 19.4. The van der Waals surface area contributed by atoms with Gasteiger partial charge in [0.25, 0.3) is 5.91 Å². The lowest BCUT2D eigenvalue weighted by Gasteiger charge is -2.32. The number of halogens is 3. The molecule has 1 fully saturated rings. The van der Waals surface area contributed by atoms with E-state index in [1.807, 2.05) is 18.2 Å². The molecule has 1 saturated heterocycles. The molecule has 2 aromatic heterocycles. The van der Waals surface area contributed by atoms with Crippen LogP contribution in [0.5, 0.6) is 5.75 Å². The quantitative estimate of drug-likeness (QED) is 0.319. The molecule has 0 unspecified atom stereocenters. The number of hydrogen-bond acceptors (Lipinski definition) is 7. The molecule has 11 heteroatoms. The van der Waals surface area contributed by atoms with Crippen molar-refractivity contribution < 1.29 is 27.1 Å². The number of fused-ring (bicyclic) bond motifs is 1. The topological polar surface area (TPSA) is 107 Å². The highest BCUT2D eigenvalue weighted by Crippen LogP contribution is 2.37. The zero-order chi connectivity index (χ0) is 28.4. The SMILES string of the molecule is COc1ccc(-c2nc(C(=O)NC3CCN(Cc4ccccc4)CC3)c([C@H](C)N)o2)c2ccc(C(F)(F)F)nc12. The Labute approximate surface area is 229 Å².